The van der Waals surface area contributed by atoms with E-state index in [-0.39, 0.29) is 11.4 Å². The van der Waals surface area contributed by atoms with Crippen molar-refractivity contribution in [2.75, 3.05) is 0 Å². The van der Waals surface area contributed by atoms with Crippen molar-refractivity contribution in [1.29, 1.82) is 0 Å². The lowest BCUT2D eigenvalue weighted by atomic mass is 10.0. The van der Waals surface area contributed by atoms with Gasteiger partial charge >= 0.3 is 5.97 Å². The normalized spacial score (nSPS) is 14.2. The van der Waals surface area contributed by atoms with Gasteiger partial charge < -0.3 is 10.2 Å². The molecule has 0 saturated heterocycles. The Labute approximate surface area is 141 Å². The van der Waals surface area contributed by atoms with Crippen molar-refractivity contribution in [2.45, 2.75) is 6.54 Å². The minimum absolute atomic E-state index is 0.0728. The first-order valence-corrected chi connectivity index (χ1v) is 7.91. The fourth-order valence-electron chi connectivity index (χ4n) is 2.35. The SMILES string of the molecule is C=CCn1c(O)c(/C=C2\C=Nc3c(C(=O)O)cccc32)sc1=S. The summed E-state index contributed by atoms with van der Waals surface area (Å²) in [5, 5.41) is 19.5. The molecule has 7 heteroatoms. The first-order chi connectivity index (χ1) is 11.0. The summed E-state index contributed by atoms with van der Waals surface area (Å²) in [5.74, 6) is -0.945. The molecule has 2 heterocycles. The standard InChI is InChI=1S/C16H12N2O3S2/c1-2-6-18-14(19)12(23-16(18)22)7-9-8-17-13-10(9)4-3-5-11(13)15(20)21/h2-5,7-8,19H,1,6H2,(H,20,21)/b9-7+. The summed E-state index contributed by atoms with van der Waals surface area (Å²) in [6.07, 6.45) is 5.01. The highest BCUT2D eigenvalue weighted by Gasteiger charge is 2.20. The number of aliphatic imine (C=N–C) groups is 1. The van der Waals surface area contributed by atoms with Crippen molar-refractivity contribution < 1.29 is 15.0 Å². The van der Waals surface area contributed by atoms with E-state index in [9.17, 15) is 15.0 Å². The Kier molecular flexibility index (Phi) is 3.97. The molecule has 1 aromatic carbocycles. The number of nitrogens with zero attached hydrogens (tertiary/aromatic N) is 2. The van der Waals surface area contributed by atoms with E-state index in [4.69, 9.17) is 12.2 Å². The van der Waals surface area contributed by atoms with Crippen LogP contribution >= 0.6 is 23.6 Å². The monoisotopic (exact) mass is 344 g/mol. The van der Waals surface area contributed by atoms with Crippen molar-refractivity contribution in [1.82, 2.24) is 4.57 Å². The number of carboxylic acid groups (broad SMARTS) is 1. The van der Waals surface area contributed by atoms with Crippen molar-refractivity contribution >= 4 is 53.1 Å². The number of para-hydroxylation sites is 1. The number of aromatic nitrogens is 1. The topological polar surface area (TPSA) is 74.8 Å². The molecular formula is C16H12N2O3S2. The zero-order valence-corrected chi connectivity index (χ0v) is 13.5. The van der Waals surface area contributed by atoms with E-state index in [0.717, 1.165) is 11.1 Å². The van der Waals surface area contributed by atoms with E-state index in [1.54, 1.807) is 35.1 Å². The van der Waals surface area contributed by atoms with Gasteiger partial charge in [0.1, 0.15) is 0 Å². The molecule has 116 valence electrons. The first kappa shape index (κ1) is 15.4. The van der Waals surface area contributed by atoms with E-state index in [0.29, 0.717) is 21.1 Å². The Bertz CT molecular complexity index is 935. The third-order valence-electron chi connectivity index (χ3n) is 3.40. The maximum Gasteiger partial charge on any atom is 0.337 e. The molecule has 0 aliphatic carbocycles. The number of rotatable bonds is 4. The smallest absolute Gasteiger partial charge is 0.337 e. The van der Waals surface area contributed by atoms with Gasteiger partial charge in [-0.3, -0.25) is 9.56 Å². The Balaban J connectivity index is 2.09. The molecule has 23 heavy (non-hydrogen) atoms. The van der Waals surface area contributed by atoms with Gasteiger partial charge in [0.2, 0.25) is 5.88 Å². The van der Waals surface area contributed by atoms with Crippen LogP contribution in [0, 0.1) is 3.95 Å². The van der Waals surface area contributed by atoms with Gasteiger partial charge in [-0.15, -0.1) is 17.9 Å². The molecule has 2 N–H and O–H groups in total. The summed E-state index contributed by atoms with van der Waals surface area (Å²) in [4.78, 5) is 16.0. The number of benzene rings is 1. The summed E-state index contributed by atoms with van der Waals surface area (Å²) >= 11 is 6.51. The predicted molar refractivity (Wildman–Crippen MR) is 94.4 cm³/mol. The fourth-order valence-corrected chi connectivity index (χ4v) is 3.62. The molecule has 0 unspecified atom stereocenters. The van der Waals surface area contributed by atoms with E-state index >= 15 is 0 Å². The van der Waals surface area contributed by atoms with Gasteiger partial charge in [-0.05, 0) is 24.4 Å². The van der Waals surface area contributed by atoms with Crippen LogP contribution in [0.25, 0.3) is 11.6 Å². The largest absolute Gasteiger partial charge is 0.493 e. The number of allylic oxidation sites excluding steroid dienone is 2. The van der Waals surface area contributed by atoms with Crippen LogP contribution in [0.3, 0.4) is 0 Å². The van der Waals surface area contributed by atoms with Crippen LogP contribution in [-0.4, -0.2) is 27.0 Å². The number of thiazole rings is 1. The van der Waals surface area contributed by atoms with E-state index in [1.165, 1.54) is 17.4 Å². The summed E-state index contributed by atoms with van der Waals surface area (Å²) in [6.45, 7) is 4.07. The minimum atomic E-state index is -1.02. The second-order valence-electron chi connectivity index (χ2n) is 4.82. The van der Waals surface area contributed by atoms with Crippen molar-refractivity contribution in [2.24, 2.45) is 4.99 Å². The molecule has 0 spiro atoms. The molecule has 0 radical (unpaired) electrons. The first-order valence-electron chi connectivity index (χ1n) is 6.69. The summed E-state index contributed by atoms with van der Waals surface area (Å²) in [5.41, 5.74) is 2.04. The maximum atomic E-state index is 11.2. The number of carbonyl (C=O) groups is 1. The molecule has 0 fully saturated rings. The maximum absolute atomic E-state index is 11.2. The van der Waals surface area contributed by atoms with Crippen LogP contribution in [0.2, 0.25) is 0 Å². The molecule has 0 saturated carbocycles. The zero-order chi connectivity index (χ0) is 16.6. The summed E-state index contributed by atoms with van der Waals surface area (Å²) in [7, 11) is 0. The quantitative estimate of drug-likeness (QED) is 0.646. The number of hydrogen-bond donors (Lipinski definition) is 2. The van der Waals surface area contributed by atoms with Crippen LogP contribution in [0.1, 0.15) is 20.8 Å². The van der Waals surface area contributed by atoms with Gasteiger partial charge in [-0.25, -0.2) is 4.79 Å². The van der Waals surface area contributed by atoms with Gasteiger partial charge in [0.25, 0.3) is 0 Å². The molecule has 1 aliphatic heterocycles. The van der Waals surface area contributed by atoms with Gasteiger partial charge in [-0.2, -0.15) is 0 Å². The van der Waals surface area contributed by atoms with Gasteiger partial charge in [-0.1, -0.05) is 18.2 Å². The van der Waals surface area contributed by atoms with Crippen molar-refractivity contribution in [3.63, 3.8) is 0 Å². The van der Waals surface area contributed by atoms with E-state index in [2.05, 4.69) is 11.6 Å². The van der Waals surface area contributed by atoms with Crippen LogP contribution < -0.4 is 0 Å². The molecule has 2 aromatic rings. The lowest BCUT2D eigenvalue weighted by Crippen LogP contribution is -1.96. The zero-order valence-electron chi connectivity index (χ0n) is 11.9. The second kappa shape index (κ2) is 5.94. The lowest BCUT2D eigenvalue weighted by Gasteiger charge is -2.03. The van der Waals surface area contributed by atoms with Crippen LogP contribution in [0.15, 0.2) is 35.8 Å². The van der Waals surface area contributed by atoms with Crippen molar-refractivity contribution in [3.05, 3.63) is 50.8 Å². The Morgan fingerprint density at radius 3 is 2.96 bits per heavy atom. The summed E-state index contributed by atoms with van der Waals surface area (Å²) in [6, 6.07) is 5.00. The molecule has 0 amide bonds. The fraction of sp³-hybridized carbons (Fsp3) is 0.0625. The predicted octanol–water partition coefficient (Wildman–Crippen LogP) is 4.13. The Morgan fingerprint density at radius 1 is 1.48 bits per heavy atom. The number of carboxylic acids is 1. The van der Waals surface area contributed by atoms with Gasteiger partial charge in [0.05, 0.1) is 16.1 Å². The van der Waals surface area contributed by atoms with Gasteiger partial charge in [0.15, 0.2) is 3.95 Å². The van der Waals surface area contributed by atoms with Gasteiger partial charge in [0, 0.05) is 23.9 Å². The Hall–Kier alpha value is -2.51. The number of aromatic hydroxyl groups is 1. The van der Waals surface area contributed by atoms with Crippen LogP contribution in [-0.2, 0) is 6.54 Å². The molecule has 1 aromatic heterocycles. The molecule has 0 atom stereocenters. The average molecular weight is 344 g/mol. The third kappa shape index (κ3) is 2.64. The van der Waals surface area contributed by atoms with Crippen LogP contribution in [0.4, 0.5) is 5.69 Å². The van der Waals surface area contributed by atoms with Crippen LogP contribution in [0.5, 0.6) is 5.88 Å². The number of fused-ring (bicyclic) bond motifs is 1. The average Bonchev–Trinajstić information content (AvgIpc) is 3.04. The molecule has 0 bridgehead atoms. The van der Waals surface area contributed by atoms with Crippen molar-refractivity contribution in [3.8, 4) is 5.88 Å². The van der Waals surface area contributed by atoms with E-state index in [1.807, 2.05) is 0 Å². The highest BCUT2D eigenvalue weighted by molar-refractivity contribution is 7.73. The lowest BCUT2D eigenvalue weighted by molar-refractivity contribution is 0.0698. The molecule has 5 nitrogen and oxygen atoms in total. The Morgan fingerprint density at radius 2 is 2.26 bits per heavy atom. The third-order valence-corrected chi connectivity index (χ3v) is 4.79. The number of aromatic carboxylic acids is 1. The second-order valence-corrected chi connectivity index (χ2v) is 6.50. The highest BCUT2D eigenvalue weighted by Crippen LogP contribution is 2.37. The molecular weight excluding hydrogens is 332 g/mol. The molecule has 1 aliphatic rings. The number of hydrogen-bond acceptors (Lipinski definition) is 5. The van der Waals surface area contributed by atoms with E-state index < -0.39 is 5.97 Å². The minimum Gasteiger partial charge on any atom is -0.493 e. The summed E-state index contributed by atoms with van der Waals surface area (Å²) < 4.78 is 2.13. The molecule has 3 rings (SSSR count). The highest BCUT2D eigenvalue weighted by atomic mass is 32.1.